The standard InChI is InChI=1S/C24H18Cl2N2O4S/c1-31-24(30)21-16-4-2-3-5-20(16)33-23(21)28-22(29)13(12-27)10-15-7-9-19(32-15)17-11-14(25)6-8-18(17)26/h6-11H,2-5H2,1H3,(H,28,29)/b13-10+. The molecule has 33 heavy (non-hydrogen) atoms. The minimum Gasteiger partial charge on any atom is -0.465 e. The van der Waals surface area contributed by atoms with Crippen LogP contribution in [0.2, 0.25) is 10.0 Å². The number of rotatable bonds is 5. The van der Waals surface area contributed by atoms with E-state index in [1.165, 1.54) is 24.5 Å². The number of fused-ring (bicyclic) bond motifs is 1. The molecular weight excluding hydrogens is 483 g/mol. The number of nitrogens with zero attached hydrogens (tertiary/aromatic N) is 1. The number of amides is 1. The summed E-state index contributed by atoms with van der Waals surface area (Å²) in [5, 5.41) is 13.6. The summed E-state index contributed by atoms with van der Waals surface area (Å²) in [7, 11) is 1.31. The van der Waals surface area contributed by atoms with E-state index < -0.39 is 11.9 Å². The maximum absolute atomic E-state index is 12.9. The van der Waals surface area contributed by atoms with E-state index in [1.807, 2.05) is 6.07 Å². The first-order valence-corrected chi connectivity index (χ1v) is 11.7. The number of esters is 1. The van der Waals surface area contributed by atoms with Gasteiger partial charge in [0.1, 0.15) is 28.2 Å². The van der Waals surface area contributed by atoms with Crippen LogP contribution < -0.4 is 5.32 Å². The number of ether oxygens (including phenoxy) is 1. The van der Waals surface area contributed by atoms with Crippen molar-refractivity contribution in [3.63, 3.8) is 0 Å². The van der Waals surface area contributed by atoms with E-state index >= 15 is 0 Å². The van der Waals surface area contributed by atoms with E-state index in [-0.39, 0.29) is 5.57 Å². The second-order valence-corrected chi connectivity index (χ2v) is 9.31. The fraction of sp³-hybridized carbons (Fsp3) is 0.208. The molecule has 4 rings (SSSR count). The number of furan rings is 1. The van der Waals surface area contributed by atoms with E-state index in [1.54, 1.807) is 30.3 Å². The molecule has 9 heteroatoms. The predicted molar refractivity (Wildman–Crippen MR) is 129 cm³/mol. The molecule has 0 fully saturated rings. The van der Waals surface area contributed by atoms with Crippen molar-refractivity contribution in [2.45, 2.75) is 25.7 Å². The first-order valence-electron chi connectivity index (χ1n) is 10.1. The molecule has 2 heterocycles. The van der Waals surface area contributed by atoms with Gasteiger partial charge < -0.3 is 14.5 Å². The fourth-order valence-corrected chi connectivity index (χ4v) is 5.35. The molecule has 1 aromatic carbocycles. The number of hydrogen-bond donors (Lipinski definition) is 1. The lowest BCUT2D eigenvalue weighted by atomic mass is 9.95. The third-order valence-corrected chi connectivity index (χ3v) is 7.03. The summed E-state index contributed by atoms with van der Waals surface area (Å²) in [6.45, 7) is 0. The molecule has 0 atom stereocenters. The van der Waals surface area contributed by atoms with Crippen molar-refractivity contribution in [3.05, 3.63) is 67.7 Å². The Morgan fingerprint density at radius 1 is 1.21 bits per heavy atom. The van der Waals surface area contributed by atoms with Gasteiger partial charge in [0, 0.05) is 21.5 Å². The molecule has 168 valence electrons. The zero-order chi connectivity index (χ0) is 23.5. The molecule has 0 spiro atoms. The molecule has 1 N–H and O–H groups in total. The summed E-state index contributed by atoms with van der Waals surface area (Å²) < 4.78 is 10.7. The number of thiophene rings is 1. The molecule has 0 saturated heterocycles. The van der Waals surface area contributed by atoms with Gasteiger partial charge in [-0.3, -0.25) is 4.79 Å². The van der Waals surface area contributed by atoms with E-state index in [2.05, 4.69) is 5.32 Å². The highest BCUT2D eigenvalue weighted by Gasteiger charge is 2.27. The Hall–Kier alpha value is -3.05. The Balaban J connectivity index is 1.61. The molecule has 0 saturated carbocycles. The molecule has 0 radical (unpaired) electrons. The van der Waals surface area contributed by atoms with Crippen molar-refractivity contribution in [3.8, 4) is 17.4 Å². The first-order chi connectivity index (χ1) is 15.9. The van der Waals surface area contributed by atoms with Gasteiger partial charge in [0.2, 0.25) is 0 Å². The van der Waals surface area contributed by atoms with Gasteiger partial charge in [-0.2, -0.15) is 5.26 Å². The highest BCUT2D eigenvalue weighted by atomic mass is 35.5. The van der Waals surface area contributed by atoms with Crippen molar-refractivity contribution < 1.29 is 18.7 Å². The van der Waals surface area contributed by atoms with Crippen LogP contribution in [0.25, 0.3) is 17.4 Å². The fourth-order valence-electron chi connectivity index (χ4n) is 3.69. The van der Waals surface area contributed by atoms with Crippen LogP contribution in [0.5, 0.6) is 0 Å². The maximum atomic E-state index is 12.9. The molecule has 0 aliphatic heterocycles. The van der Waals surface area contributed by atoms with Gasteiger partial charge >= 0.3 is 5.97 Å². The van der Waals surface area contributed by atoms with Crippen LogP contribution in [0, 0.1) is 11.3 Å². The Labute approximate surface area is 204 Å². The van der Waals surface area contributed by atoms with Crippen LogP contribution in [-0.4, -0.2) is 19.0 Å². The molecule has 1 amide bonds. The number of nitriles is 1. The number of carbonyl (C=O) groups is 2. The van der Waals surface area contributed by atoms with Crippen molar-refractivity contribution in [1.82, 2.24) is 0 Å². The van der Waals surface area contributed by atoms with Crippen LogP contribution in [0.3, 0.4) is 0 Å². The molecule has 1 aliphatic rings. The maximum Gasteiger partial charge on any atom is 0.341 e. The van der Waals surface area contributed by atoms with Gasteiger partial charge in [-0.15, -0.1) is 11.3 Å². The minimum absolute atomic E-state index is 0.171. The minimum atomic E-state index is -0.639. The third-order valence-electron chi connectivity index (χ3n) is 5.26. The van der Waals surface area contributed by atoms with Crippen molar-refractivity contribution in [1.29, 1.82) is 5.26 Å². The Morgan fingerprint density at radius 3 is 2.76 bits per heavy atom. The molecule has 6 nitrogen and oxygen atoms in total. The summed E-state index contributed by atoms with van der Waals surface area (Å²) in [5.41, 5.74) is 1.72. The quantitative estimate of drug-likeness (QED) is 0.244. The van der Waals surface area contributed by atoms with E-state index in [0.717, 1.165) is 36.1 Å². The normalized spacial score (nSPS) is 13.2. The lowest BCUT2D eigenvalue weighted by Gasteiger charge is -2.11. The molecular formula is C24H18Cl2N2O4S. The van der Waals surface area contributed by atoms with Crippen molar-refractivity contribution in [2.75, 3.05) is 12.4 Å². The smallest absolute Gasteiger partial charge is 0.341 e. The molecule has 1 aliphatic carbocycles. The summed E-state index contributed by atoms with van der Waals surface area (Å²) in [4.78, 5) is 26.3. The van der Waals surface area contributed by atoms with Gasteiger partial charge in [0.25, 0.3) is 5.91 Å². The number of methoxy groups -OCH3 is 1. The lowest BCUT2D eigenvalue weighted by molar-refractivity contribution is -0.112. The SMILES string of the molecule is COC(=O)c1c(NC(=O)/C(C#N)=C/c2ccc(-c3cc(Cl)ccc3Cl)o2)sc2c1CCCC2. The van der Waals surface area contributed by atoms with Crippen molar-refractivity contribution >= 4 is 57.5 Å². The van der Waals surface area contributed by atoms with Gasteiger partial charge in [0.15, 0.2) is 0 Å². The molecule has 3 aromatic rings. The number of benzene rings is 1. The Morgan fingerprint density at radius 2 is 2.00 bits per heavy atom. The van der Waals surface area contributed by atoms with Gasteiger partial charge in [-0.1, -0.05) is 23.2 Å². The molecule has 2 aromatic heterocycles. The zero-order valence-electron chi connectivity index (χ0n) is 17.5. The highest BCUT2D eigenvalue weighted by Crippen LogP contribution is 2.39. The number of anilines is 1. The molecule has 0 unspecified atom stereocenters. The monoisotopic (exact) mass is 500 g/mol. The van der Waals surface area contributed by atoms with Crippen LogP contribution in [0.4, 0.5) is 5.00 Å². The van der Waals surface area contributed by atoms with Gasteiger partial charge in [0.05, 0.1) is 17.7 Å². The number of halogens is 2. The third kappa shape index (κ3) is 4.83. The number of carbonyl (C=O) groups excluding carboxylic acids is 2. The summed E-state index contributed by atoms with van der Waals surface area (Å²) in [5.74, 6) is -0.391. The summed E-state index contributed by atoms with van der Waals surface area (Å²) in [6, 6.07) is 10.2. The molecule has 0 bridgehead atoms. The van der Waals surface area contributed by atoms with Crippen LogP contribution in [0.15, 0.2) is 40.3 Å². The highest BCUT2D eigenvalue weighted by molar-refractivity contribution is 7.17. The Bertz CT molecular complexity index is 1320. The predicted octanol–water partition coefficient (Wildman–Crippen LogP) is 6.53. The topological polar surface area (TPSA) is 92.3 Å². The van der Waals surface area contributed by atoms with Crippen molar-refractivity contribution in [2.24, 2.45) is 0 Å². The largest absolute Gasteiger partial charge is 0.465 e. The average Bonchev–Trinajstić information content (AvgIpc) is 3.42. The number of nitrogens with one attached hydrogen (secondary N) is 1. The lowest BCUT2D eigenvalue weighted by Crippen LogP contribution is -2.16. The van der Waals surface area contributed by atoms with E-state index in [0.29, 0.717) is 37.7 Å². The number of aryl methyl sites for hydroxylation is 1. The van der Waals surface area contributed by atoms with Gasteiger partial charge in [-0.25, -0.2) is 4.79 Å². The first kappa shape index (κ1) is 23.1. The van der Waals surface area contributed by atoms with Gasteiger partial charge in [-0.05, 0) is 61.6 Å². The van der Waals surface area contributed by atoms with Crippen LogP contribution in [-0.2, 0) is 22.4 Å². The second-order valence-electron chi connectivity index (χ2n) is 7.36. The second kappa shape index (κ2) is 9.84. The van der Waals surface area contributed by atoms with E-state index in [4.69, 9.17) is 32.4 Å². The van der Waals surface area contributed by atoms with E-state index in [9.17, 15) is 14.9 Å². The van der Waals surface area contributed by atoms with Crippen LogP contribution >= 0.6 is 34.5 Å². The summed E-state index contributed by atoms with van der Waals surface area (Å²) in [6.07, 6.45) is 4.95. The Kier molecular flexibility index (Phi) is 6.89. The average molecular weight is 501 g/mol. The van der Waals surface area contributed by atoms with Crippen LogP contribution in [0.1, 0.15) is 39.4 Å². The zero-order valence-corrected chi connectivity index (χ0v) is 19.9. The summed E-state index contributed by atoms with van der Waals surface area (Å²) >= 11 is 13.6. The number of hydrogen-bond acceptors (Lipinski definition) is 6.